The minimum absolute atomic E-state index is 0.0835. The first kappa shape index (κ1) is 17.8. The first-order valence-corrected chi connectivity index (χ1v) is 8.45. The fourth-order valence-corrected chi connectivity index (χ4v) is 2.92. The number of anilines is 1. The van der Waals surface area contributed by atoms with Gasteiger partial charge in [0.25, 0.3) is 17.5 Å². The number of carbonyl (C=O) groups excluding carboxylic acids is 2. The zero-order valence-electron chi connectivity index (χ0n) is 13.9. The summed E-state index contributed by atoms with van der Waals surface area (Å²) in [6.07, 6.45) is 1.35. The maximum atomic E-state index is 12.6. The molecule has 0 bridgehead atoms. The molecule has 0 spiro atoms. The molecule has 0 unspecified atom stereocenters. The number of amides is 2. The lowest BCUT2D eigenvalue weighted by Gasteiger charge is -2.15. The van der Waals surface area contributed by atoms with Crippen molar-refractivity contribution in [1.29, 1.82) is 0 Å². The van der Waals surface area contributed by atoms with Gasteiger partial charge in [-0.05, 0) is 70.7 Å². The predicted molar refractivity (Wildman–Crippen MR) is 100 cm³/mol. The highest BCUT2D eigenvalue weighted by molar-refractivity contribution is 9.10. The van der Waals surface area contributed by atoms with Gasteiger partial charge in [0.15, 0.2) is 0 Å². The Bertz CT molecular complexity index is 984. The molecule has 0 aliphatic carbocycles. The van der Waals surface area contributed by atoms with E-state index in [0.29, 0.717) is 15.7 Å². The van der Waals surface area contributed by atoms with Gasteiger partial charge < -0.3 is 0 Å². The summed E-state index contributed by atoms with van der Waals surface area (Å²) >= 11 is 3.10. The van der Waals surface area contributed by atoms with Gasteiger partial charge in [0.2, 0.25) is 0 Å². The van der Waals surface area contributed by atoms with Crippen LogP contribution in [-0.2, 0) is 9.59 Å². The van der Waals surface area contributed by atoms with Gasteiger partial charge in [-0.1, -0.05) is 12.1 Å². The van der Waals surface area contributed by atoms with E-state index in [4.69, 9.17) is 0 Å². The Morgan fingerprint density at radius 2 is 1.85 bits per heavy atom. The van der Waals surface area contributed by atoms with E-state index in [0.717, 1.165) is 11.1 Å². The van der Waals surface area contributed by atoms with E-state index in [1.807, 2.05) is 19.9 Å². The largest absolute Gasteiger partial charge is 0.284 e. The van der Waals surface area contributed by atoms with E-state index < -0.39 is 16.7 Å². The maximum Gasteiger partial charge on any atom is 0.284 e. The Kier molecular flexibility index (Phi) is 4.60. The molecule has 1 heterocycles. The van der Waals surface area contributed by atoms with Crippen molar-refractivity contribution in [2.45, 2.75) is 13.8 Å². The third kappa shape index (κ3) is 3.23. The van der Waals surface area contributed by atoms with Gasteiger partial charge in [0, 0.05) is 6.07 Å². The van der Waals surface area contributed by atoms with Crippen molar-refractivity contribution < 1.29 is 14.5 Å². The van der Waals surface area contributed by atoms with Crippen molar-refractivity contribution in [3.8, 4) is 0 Å². The number of hydrazine groups is 1. The molecular formula is C18H14BrN3O4. The number of hydrogen-bond acceptors (Lipinski definition) is 4. The van der Waals surface area contributed by atoms with Crippen molar-refractivity contribution in [3.63, 3.8) is 0 Å². The summed E-state index contributed by atoms with van der Waals surface area (Å²) in [6, 6.07) is 9.81. The quantitative estimate of drug-likeness (QED) is 0.359. The van der Waals surface area contributed by atoms with Crippen LogP contribution in [0.2, 0.25) is 0 Å². The third-order valence-electron chi connectivity index (χ3n) is 4.12. The van der Waals surface area contributed by atoms with Crippen LogP contribution in [0.4, 0.5) is 11.4 Å². The molecule has 1 aliphatic heterocycles. The highest BCUT2D eigenvalue weighted by Crippen LogP contribution is 2.28. The van der Waals surface area contributed by atoms with E-state index in [-0.39, 0.29) is 11.3 Å². The summed E-state index contributed by atoms with van der Waals surface area (Å²) < 4.78 is 0.323. The van der Waals surface area contributed by atoms with E-state index >= 15 is 0 Å². The summed E-state index contributed by atoms with van der Waals surface area (Å²) in [6.45, 7) is 3.87. The fourth-order valence-electron chi connectivity index (χ4n) is 2.53. The summed E-state index contributed by atoms with van der Waals surface area (Å²) in [4.78, 5) is 35.4. The van der Waals surface area contributed by atoms with Crippen LogP contribution in [0.5, 0.6) is 0 Å². The molecule has 3 rings (SSSR count). The molecule has 0 aromatic heterocycles. The molecule has 0 radical (unpaired) electrons. The molecule has 1 saturated heterocycles. The Labute approximate surface area is 157 Å². The van der Waals surface area contributed by atoms with Gasteiger partial charge in [-0.3, -0.25) is 25.1 Å². The van der Waals surface area contributed by atoms with Crippen LogP contribution in [0.25, 0.3) is 6.08 Å². The molecule has 0 saturated carbocycles. The van der Waals surface area contributed by atoms with Crippen LogP contribution in [0.15, 0.2) is 46.4 Å². The Morgan fingerprint density at radius 1 is 1.12 bits per heavy atom. The molecule has 1 N–H and O–H groups in total. The normalized spacial score (nSPS) is 15.5. The zero-order chi connectivity index (χ0) is 19.0. The number of nitrogens with one attached hydrogen (secondary N) is 1. The number of carbonyl (C=O) groups is 2. The summed E-state index contributed by atoms with van der Waals surface area (Å²) in [5.41, 5.74) is 5.30. The number of benzene rings is 2. The molecular weight excluding hydrogens is 402 g/mol. The van der Waals surface area contributed by atoms with Gasteiger partial charge in [-0.2, -0.15) is 0 Å². The zero-order valence-corrected chi connectivity index (χ0v) is 15.5. The number of aryl methyl sites for hydroxylation is 2. The highest BCUT2D eigenvalue weighted by atomic mass is 79.9. The van der Waals surface area contributed by atoms with Crippen molar-refractivity contribution >= 4 is 45.2 Å². The van der Waals surface area contributed by atoms with Crippen molar-refractivity contribution in [2.24, 2.45) is 0 Å². The van der Waals surface area contributed by atoms with Crippen molar-refractivity contribution in [2.75, 3.05) is 5.01 Å². The fraction of sp³-hybridized carbons (Fsp3) is 0.111. The number of hydrogen-bond donors (Lipinski definition) is 1. The SMILES string of the molecule is Cc1ccc(N2NC(=O)/C(=C\c3ccc(Br)c([N+](=O)[O-])c3)C2=O)cc1C. The number of halogens is 1. The molecule has 7 nitrogen and oxygen atoms in total. The molecule has 2 amide bonds. The van der Waals surface area contributed by atoms with Crippen molar-refractivity contribution in [3.05, 3.63) is 73.2 Å². The standard InChI is InChI=1S/C18H14BrN3O4/c1-10-3-5-13(7-11(10)2)21-18(24)14(17(23)20-21)8-12-4-6-15(19)16(9-12)22(25)26/h3-9H,1-2H3,(H,20,23)/b14-8+. The number of rotatable bonds is 3. The van der Waals surface area contributed by atoms with E-state index in [2.05, 4.69) is 21.4 Å². The third-order valence-corrected chi connectivity index (χ3v) is 4.79. The Hall–Kier alpha value is -3.00. The molecule has 26 heavy (non-hydrogen) atoms. The van der Waals surface area contributed by atoms with Crippen LogP contribution in [0.1, 0.15) is 16.7 Å². The Balaban J connectivity index is 1.96. The summed E-state index contributed by atoms with van der Waals surface area (Å²) in [5, 5.41) is 12.2. The summed E-state index contributed by atoms with van der Waals surface area (Å²) in [7, 11) is 0. The maximum absolute atomic E-state index is 12.6. The van der Waals surface area contributed by atoms with Crippen LogP contribution in [0, 0.1) is 24.0 Å². The molecule has 2 aromatic carbocycles. The first-order chi connectivity index (χ1) is 12.3. The number of nitro groups is 1. The van der Waals surface area contributed by atoms with Gasteiger partial charge >= 0.3 is 0 Å². The lowest BCUT2D eigenvalue weighted by atomic mass is 10.1. The lowest BCUT2D eigenvalue weighted by molar-refractivity contribution is -0.385. The molecule has 0 atom stereocenters. The molecule has 1 fully saturated rings. The van der Waals surface area contributed by atoms with Gasteiger partial charge in [0.05, 0.1) is 15.1 Å². The van der Waals surface area contributed by atoms with E-state index in [1.165, 1.54) is 23.2 Å². The van der Waals surface area contributed by atoms with Gasteiger partial charge in [0.1, 0.15) is 5.57 Å². The van der Waals surface area contributed by atoms with E-state index in [1.54, 1.807) is 18.2 Å². The van der Waals surface area contributed by atoms with Crippen LogP contribution in [-0.4, -0.2) is 16.7 Å². The lowest BCUT2D eigenvalue weighted by Crippen LogP contribution is -2.35. The van der Waals surface area contributed by atoms with Crippen LogP contribution >= 0.6 is 15.9 Å². The second kappa shape index (κ2) is 6.72. The highest BCUT2D eigenvalue weighted by Gasteiger charge is 2.34. The first-order valence-electron chi connectivity index (χ1n) is 7.66. The topological polar surface area (TPSA) is 92.6 Å². The molecule has 2 aromatic rings. The molecule has 132 valence electrons. The molecule has 8 heteroatoms. The number of nitrogens with zero attached hydrogens (tertiary/aromatic N) is 2. The smallest absolute Gasteiger partial charge is 0.267 e. The van der Waals surface area contributed by atoms with Crippen molar-refractivity contribution in [1.82, 2.24) is 5.43 Å². The molecule has 1 aliphatic rings. The van der Waals surface area contributed by atoms with E-state index in [9.17, 15) is 19.7 Å². The number of nitro benzene ring substituents is 1. The second-order valence-electron chi connectivity index (χ2n) is 5.88. The van der Waals surface area contributed by atoms with Crippen LogP contribution in [0.3, 0.4) is 0 Å². The monoisotopic (exact) mass is 415 g/mol. The minimum Gasteiger partial charge on any atom is -0.267 e. The van der Waals surface area contributed by atoms with Gasteiger partial charge in [-0.25, -0.2) is 5.01 Å². The average molecular weight is 416 g/mol. The summed E-state index contributed by atoms with van der Waals surface area (Å²) in [5.74, 6) is -1.07. The Morgan fingerprint density at radius 3 is 2.50 bits per heavy atom. The van der Waals surface area contributed by atoms with Crippen LogP contribution < -0.4 is 10.4 Å². The second-order valence-corrected chi connectivity index (χ2v) is 6.73. The average Bonchev–Trinajstić information content (AvgIpc) is 2.87. The van der Waals surface area contributed by atoms with Gasteiger partial charge in [-0.15, -0.1) is 0 Å². The minimum atomic E-state index is -0.557. The predicted octanol–water partition coefficient (Wildman–Crippen LogP) is 3.44.